The summed E-state index contributed by atoms with van der Waals surface area (Å²) in [5, 5.41) is 2.20. The molecule has 0 aliphatic carbocycles. The van der Waals surface area contributed by atoms with E-state index in [4.69, 9.17) is 4.42 Å². The maximum atomic E-state index is 12.5. The minimum absolute atomic E-state index is 0. The number of carbonyl (C=O) groups is 1. The number of hydrogen-bond donors (Lipinski definition) is 0. The summed E-state index contributed by atoms with van der Waals surface area (Å²) in [7, 11) is 0. The van der Waals surface area contributed by atoms with Crippen LogP contribution >= 0.6 is 17.0 Å². The highest BCUT2D eigenvalue weighted by molar-refractivity contribution is 8.93. The Kier molecular flexibility index (Phi) is 5.05. The molecule has 4 aromatic rings. The van der Waals surface area contributed by atoms with E-state index in [-0.39, 0.29) is 29.3 Å². The van der Waals surface area contributed by atoms with Crippen molar-refractivity contribution in [1.82, 2.24) is 4.98 Å². The molecule has 2 aromatic carbocycles. The van der Waals surface area contributed by atoms with Gasteiger partial charge in [0.25, 0.3) is 6.33 Å². The lowest BCUT2D eigenvalue weighted by Crippen LogP contribution is -2.37. The molecule has 0 spiro atoms. The minimum atomic E-state index is 0. The van der Waals surface area contributed by atoms with Gasteiger partial charge < -0.3 is 4.42 Å². The summed E-state index contributed by atoms with van der Waals surface area (Å²) in [6, 6.07) is 19.3. The number of hydrogen-bond acceptors (Lipinski definition) is 3. The second-order valence-electron chi connectivity index (χ2n) is 5.58. The molecular weight excluding hydrogens is 380 g/mol. The summed E-state index contributed by atoms with van der Waals surface area (Å²) < 4.78 is 7.08. The Balaban J connectivity index is 0.00000182. The largest absolute Gasteiger partial charge is 0.460 e. The first-order valence-electron chi connectivity index (χ1n) is 7.70. The van der Waals surface area contributed by atoms with Crippen molar-refractivity contribution in [3.05, 3.63) is 85.0 Å². The first kappa shape index (κ1) is 17.0. The van der Waals surface area contributed by atoms with Gasteiger partial charge in [0.15, 0.2) is 12.3 Å². The zero-order valence-corrected chi connectivity index (χ0v) is 15.0. The van der Waals surface area contributed by atoms with Crippen molar-refractivity contribution in [2.75, 3.05) is 0 Å². The second-order valence-corrected chi connectivity index (χ2v) is 5.58. The number of nitrogens with zero attached hydrogens (tertiary/aromatic N) is 2. The molecule has 0 unspecified atom stereocenters. The third-order valence-electron chi connectivity index (χ3n) is 3.94. The van der Waals surface area contributed by atoms with Crippen molar-refractivity contribution >= 4 is 33.5 Å². The van der Waals surface area contributed by atoms with Crippen LogP contribution in [0.15, 0.2) is 83.9 Å². The van der Waals surface area contributed by atoms with E-state index in [2.05, 4.69) is 4.98 Å². The standard InChI is InChI=1S/C20H15N2O2.BrH/c23-19(17-8-7-15-4-1-2-5-16(15)12-17)13-22-10-9-18(21-14-22)20-6-3-11-24-20;/h1-12,14H,13H2;1H/q+1;. The minimum Gasteiger partial charge on any atom is -0.460 e. The molecule has 124 valence electrons. The predicted octanol–water partition coefficient (Wildman–Crippen LogP) is 4.24. The Morgan fingerprint density at radius 1 is 1.00 bits per heavy atom. The molecule has 0 aliphatic heterocycles. The highest BCUT2D eigenvalue weighted by atomic mass is 79.9. The molecule has 0 N–H and O–H groups in total. The van der Waals surface area contributed by atoms with Crippen LogP contribution in [0.5, 0.6) is 0 Å². The molecular formula is C20H16BrN2O2+. The summed E-state index contributed by atoms with van der Waals surface area (Å²) >= 11 is 0. The number of fused-ring (bicyclic) bond motifs is 1. The van der Waals surface area contributed by atoms with Gasteiger partial charge in [-0.05, 0) is 34.0 Å². The normalized spacial score (nSPS) is 10.4. The van der Waals surface area contributed by atoms with Crippen LogP contribution in [0.1, 0.15) is 10.4 Å². The van der Waals surface area contributed by atoms with Gasteiger partial charge in [0, 0.05) is 11.6 Å². The van der Waals surface area contributed by atoms with Crippen molar-refractivity contribution < 1.29 is 13.8 Å². The molecule has 0 atom stereocenters. The first-order valence-corrected chi connectivity index (χ1v) is 7.70. The van der Waals surface area contributed by atoms with Crippen LogP contribution < -0.4 is 4.57 Å². The Morgan fingerprint density at radius 3 is 2.56 bits per heavy atom. The fraction of sp³-hybridized carbons (Fsp3) is 0.0500. The quantitative estimate of drug-likeness (QED) is 0.383. The number of benzene rings is 2. The Bertz CT molecular complexity index is 996. The van der Waals surface area contributed by atoms with Crippen molar-refractivity contribution in [2.45, 2.75) is 6.54 Å². The molecule has 0 saturated heterocycles. The summed E-state index contributed by atoms with van der Waals surface area (Å²) in [5.74, 6) is 0.765. The zero-order valence-electron chi connectivity index (χ0n) is 13.3. The number of halogens is 1. The van der Waals surface area contributed by atoms with E-state index in [1.807, 2.05) is 66.9 Å². The summed E-state index contributed by atoms with van der Waals surface area (Å²) in [4.78, 5) is 16.8. The Hall–Kier alpha value is -2.79. The number of rotatable bonds is 4. The van der Waals surface area contributed by atoms with Gasteiger partial charge in [0.2, 0.25) is 11.5 Å². The smallest absolute Gasteiger partial charge is 0.287 e. The Morgan fingerprint density at radius 2 is 1.84 bits per heavy atom. The highest BCUT2D eigenvalue weighted by Crippen LogP contribution is 2.17. The number of ketones is 1. The van der Waals surface area contributed by atoms with Crippen LogP contribution in [0.4, 0.5) is 0 Å². The van der Waals surface area contributed by atoms with E-state index in [0.29, 0.717) is 11.3 Å². The molecule has 2 aromatic heterocycles. The van der Waals surface area contributed by atoms with Crippen molar-refractivity contribution in [1.29, 1.82) is 0 Å². The van der Waals surface area contributed by atoms with E-state index in [1.54, 1.807) is 17.2 Å². The van der Waals surface area contributed by atoms with Crippen molar-refractivity contribution in [3.63, 3.8) is 0 Å². The Labute approximate surface area is 155 Å². The molecule has 5 heteroatoms. The van der Waals surface area contributed by atoms with E-state index >= 15 is 0 Å². The first-order chi connectivity index (χ1) is 11.8. The lowest BCUT2D eigenvalue weighted by Gasteiger charge is -2.03. The van der Waals surface area contributed by atoms with Gasteiger partial charge in [-0.1, -0.05) is 36.4 Å². The molecule has 0 fully saturated rings. The molecule has 0 radical (unpaired) electrons. The molecule has 0 amide bonds. The average Bonchev–Trinajstić information content (AvgIpc) is 3.16. The number of Topliss-reactive ketones (excluding diaryl/α,β-unsaturated/α-hetero) is 1. The lowest BCUT2D eigenvalue weighted by molar-refractivity contribution is -0.686. The van der Waals surface area contributed by atoms with Crippen LogP contribution in [0, 0.1) is 0 Å². The third-order valence-corrected chi connectivity index (χ3v) is 3.94. The molecule has 4 rings (SSSR count). The molecule has 4 nitrogen and oxygen atoms in total. The number of aromatic nitrogens is 2. The molecule has 0 bridgehead atoms. The van der Waals surface area contributed by atoms with Crippen molar-refractivity contribution in [2.24, 2.45) is 0 Å². The molecule has 0 aliphatic rings. The maximum Gasteiger partial charge on any atom is 0.287 e. The monoisotopic (exact) mass is 395 g/mol. The summed E-state index contributed by atoms with van der Waals surface area (Å²) in [5.41, 5.74) is 1.45. The molecule has 0 saturated carbocycles. The number of carbonyl (C=O) groups excluding carboxylic acids is 1. The van der Waals surface area contributed by atoms with Crippen LogP contribution in [0.3, 0.4) is 0 Å². The van der Waals surface area contributed by atoms with Gasteiger partial charge in [-0.2, -0.15) is 0 Å². The highest BCUT2D eigenvalue weighted by Gasteiger charge is 2.13. The molecule has 25 heavy (non-hydrogen) atoms. The maximum absolute atomic E-state index is 12.5. The van der Waals surface area contributed by atoms with Gasteiger partial charge in [0.05, 0.1) is 12.5 Å². The van der Waals surface area contributed by atoms with Crippen molar-refractivity contribution in [3.8, 4) is 11.5 Å². The predicted molar refractivity (Wildman–Crippen MR) is 101 cm³/mol. The van der Waals surface area contributed by atoms with Gasteiger partial charge in [0.1, 0.15) is 0 Å². The lowest BCUT2D eigenvalue weighted by atomic mass is 10.0. The van der Waals surface area contributed by atoms with Gasteiger partial charge in [-0.25, -0.2) is 4.57 Å². The SMILES string of the molecule is Br.O=C(C[n+]1ccc(-c2ccco2)nc1)c1ccc2ccccc2c1. The summed E-state index contributed by atoms with van der Waals surface area (Å²) in [6.45, 7) is 0.254. The fourth-order valence-electron chi connectivity index (χ4n) is 2.67. The fourth-order valence-corrected chi connectivity index (χ4v) is 2.67. The third kappa shape index (κ3) is 3.67. The van der Waals surface area contributed by atoms with Crippen LogP contribution in [-0.4, -0.2) is 10.8 Å². The van der Waals surface area contributed by atoms with Crippen LogP contribution in [0.25, 0.3) is 22.2 Å². The van der Waals surface area contributed by atoms with E-state index in [9.17, 15) is 4.79 Å². The van der Waals surface area contributed by atoms with Gasteiger partial charge in [-0.3, -0.25) is 4.79 Å². The van der Waals surface area contributed by atoms with E-state index in [0.717, 1.165) is 16.5 Å². The topological polar surface area (TPSA) is 47.0 Å². The van der Waals surface area contributed by atoms with Gasteiger partial charge >= 0.3 is 0 Å². The molecule has 2 heterocycles. The number of furan rings is 1. The van der Waals surface area contributed by atoms with E-state index in [1.165, 1.54) is 0 Å². The summed E-state index contributed by atoms with van der Waals surface area (Å²) in [6.07, 6.45) is 5.10. The van der Waals surface area contributed by atoms with E-state index < -0.39 is 0 Å². The zero-order chi connectivity index (χ0) is 16.4. The van der Waals surface area contributed by atoms with Crippen LogP contribution in [-0.2, 0) is 6.54 Å². The van der Waals surface area contributed by atoms with Crippen LogP contribution in [0.2, 0.25) is 0 Å². The van der Waals surface area contributed by atoms with Gasteiger partial charge in [-0.15, -0.1) is 17.0 Å². The second kappa shape index (κ2) is 7.40. The average molecular weight is 396 g/mol.